The van der Waals surface area contributed by atoms with Crippen LogP contribution in [0.1, 0.15) is 42.2 Å². The molecule has 4 rings (SSSR count). The van der Waals surface area contributed by atoms with Crippen molar-refractivity contribution in [2.24, 2.45) is 7.05 Å². The Morgan fingerprint density at radius 3 is 2.86 bits per heavy atom. The molecule has 1 saturated heterocycles. The van der Waals surface area contributed by atoms with Gasteiger partial charge in [0, 0.05) is 43.7 Å². The van der Waals surface area contributed by atoms with Gasteiger partial charge in [-0.1, -0.05) is 18.6 Å². The lowest BCUT2D eigenvalue weighted by molar-refractivity contribution is 0.101. The van der Waals surface area contributed by atoms with Crippen LogP contribution in [0, 0.1) is 0 Å². The van der Waals surface area contributed by atoms with Gasteiger partial charge in [-0.3, -0.25) is 14.4 Å². The number of Topliss-reactive ketones (excluding diaryl/α,β-unsaturated/α-hetero) is 1. The monoisotopic (exact) mass is 380 g/mol. The molecular formula is C22H25FN4O. The molecule has 6 heteroatoms. The van der Waals surface area contributed by atoms with E-state index in [2.05, 4.69) is 27.1 Å². The molecule has 0 spiro atoms. The number of halogens is 1. The van der Waals surface area contributed by atoms with Crippen LogP contribution in [0.15, 0.2) is 36.7 Å². The number of aryl methyl sites for hydroxylation is 1. The molecule has 0 N–H and O–H groups in total. The molecule has 1 aromatic carbocycles. The summed E-state index contributed by atoms with van der Waals surface area (Å²) in [6.45, 7) is 2.86. The second kappa shape index (κ2) is 7.80. The van der Waals surface area contributed by atoms with E-state index in [1.54, 1.807) is 10.9 Å². The Kier molecular flexibility index (Phi) is 5.22. The first-order valence-electron chi connectivity index (χ1n) is 9.79. The number of pyridine rings is 1. The van der Waals surface area contributed by atoms with Gasteiger partial charge in [-0.15, -0.1) is 0 Å². The average molecular weight is 380 g/mol. The standard InChI is InChI=1S/C22H25FN4O/c1-15(28)21-10-20(17-12-24-26(2)14-17)19-7-6-16(9-22(19)25-21)13-27-8-4-3-5-18(27)11-23/h6-7,9-10,12,14,18H,3-5,8,11,13H2,1-2H3. The zero-order valence-electron chi connectivity index (χ0n) is 16.4. The van der Waals surface area contributed by atoms with Crippen LogP contribution in [0.2, 0.25) is 0 Å². The third-order valence-corrected chi connectivity index (χ3v) is 5.56. The predicted molar refractivity (Wildman–Crippen MR) is 108 cm³/mol. The van der Waals surface area contributed by atoms with E-state index in [1.807, 2.05) is 25.4 Å². The molecule has 0 bridgehead atoms. The normalized spacial score (nSPS) is 17.9. The summed E-state index contributed by atoms with van der Waals surface area (Å²) in [6.07, 6.45) is 6.86. The van der Waals surface area contributed by atoms with Gasteiger partial charge < -0.3 is 0 Å². The highest BCUT2D eigenvalue weighted by atomic mass is 19.1. The number of carbonyl (C=O) groups is 1. The molecular weight excluding hydrogens is 355 g/mol. The average Bonchev–Trinajstić information content (AvgIpc) is 3.13. The molecule has 1 aliphatic heterocycles. The fraction of sp³-hybridized carbons (Fsp3) is 0.409. The fourth-order valence-electron chi connectivity index (χ4n) is 4.03. The summed E-state index contributed by atoms with van der Waals surface area (Å²) in [7, 11) is 1.87. The van der Waals surface area contributed by atoms with E-state index in [9.17, 15) is 9.18 Å². The van der Waals surface area contributed by atoms with Crippen LogP contribution in [0.4, 0.5) is 4.39 Å². The zero-order valence-corrected chi connectivity index (χ0v) is 16.4. The molecule has 3 heterocycles. The lowest BCUT2D eigenvalue weighted by Crippen LogP contribution is -2.40. The van der Waals surface area contributed by atoms with Crippen LogP contribution >= 0.6 is 0 Å². The molecule has 1 fully saturated rings. The Hall–Kier alpha value is -2.60. The number of rotatable bonds is 5. The molecule has 2 aromatic heterocycles. The Morgan fingerprint density at radius 2 is 2.14 bits per heavy atom. The number of nitrogens with zero attached hydrogens (tertiary/aromatic N) is 4. The first-order valence-corrected chi connectivity index (χ1v) is 9.79. The first-order chi connectivity index (χ1) is 13.5. The Balaban J connectivity index is 1.75. The number of alkyl halides is 1. The van der Waals surface area contributed by atoms with Crippen LogP contribution < -0.4 is 0 Å². The van der Waals surface area contributed by atoms with Crippen LogP contribution in [0.25, 0.3) is 22.0 Å². The lowest BCUT2D eigenvalue weighted by Gasteiger charge is -2.34. The van der Waals surface area contributed by atoms with Crippen molar-refractivity contribution in [3.05, 3.63) is 47.9 Å². The third kappa shape index (κ3) is 3.69. The molecule has 0 amide bonds. The molecule has 146 valence electrons. The summed E-state index contributed by atoms with van der Waals surface area (Å²) in [5, 5.41) is 5.24. The zero-order chi connectivity index (χ0) is 19.7. The summed E-state index contributed by atoms with van der Waals surface area (Å²) in [5.74, 6) is -0.0639. The van der Waals surface area contributed by atoms with Crippen LogP contribution in [0.5, 0.6) is 0 Å². The third-order valence-electron chi connectivity index (χ3n) is 5.56. The van der Waals surface area contributed by atoms with Crippen molar-refractivity contribution in [1.82, 2.24) is 19.7 Å². The molecule has 3 aromatic rings. The number of aromatic nitrogens is 3. The smallest absolute Gasteiger partial charge is 0.178 e. The van der Waals surface area contributed by atoms with Gasteiger partial charge in [0.1, 0.15) is 12.4 Å². The number of benzene rings is 1. The van der Waals surface area contributed by atoms with Crippen molar-refractivity contribution >= 4 is 16.7 Å². The highest BCUT2D eigenvalue weighted by molar-refractivity contribution is 6.01. The SMILES string of the molecule is CC(=O)c1cc(-c2cnn(C)c2)c2ccc(CN3CCCCC3CF)cc2n1. The minimum absolute atomic E-state index is 0.00640. The van der Waals surface area contributed by atoms with Crippen LogP contribution in [-0.4, -0.2) is 44.7 Å². The molecule has 0 saturated carbocycles. The Morgan fingerprint density at radius 1 is 1.29 bits per heavy atom. The number of hydrogen-bond acceptors (Lipinski definition) is 4. The van der Waals surface area contributed by atoms with Crippen molar-refractivity contribution in [1.29, 1.82) is 0 Å². The van der Waals surface area contributed by atoms with Gasteiger partial charge in [0.2, 0.25) is 0 Å². The number of ketones is 1. The summed E-state index contributed by atoms with van der Waals surface area (Å²) in [4.78, 5) is 18.8. The maximum atomic E-state index is 13.4. The summed E-state index contributed by atoms with van der Waals surface area (Å²) in [6, 6.07) is 8.02. The van der Waals surface area contributed by atoms with Gasteiger partial charge in [-0.25, -0.2) is 9.37 Å². The van der Waals surface area contributed by atoms with Gasteiger partial charge >= 0.3 is 0 Å². The van der Waals surface area contributed by atoms with Gasteiger partial charge in [-0.05, 0) is 42.6 Å². The number of carbonyl (C=O) groups excluding carboxylic acids is 1. The minimum Gasteiger partial charge on any atom is -0.294 e. The van der Waals surface area contributed by atoms with Crippen molar-refractivity contribution in [2.45, 2.75) is 38.8 Å². The number of likely N-dealkylation sites (tertiary alicyclic amines) is 1. The van der Waals surface area contributed by atoms with Crippen molar-refractivity contribution in [2.75, 3.05) is 13.2 Å². The van der Waals surface area contributed by atoms with Crippen LogP contribution in [0.3, 0.4) is 0 Å². The van der Waals surface area contributed by atoms with Gasteiger partial charge in [0.15, 0.2) is 5.78 Å². The molecule has 28 heavy (non-hydrogen) atoms. The number of fused-ring (bicyclic) bond motifs is 1. The highest BCUT2D eigenvalue weighted by Gasteiger charge is 2.22. The Labute approximate surface area is 164 Å². The van der Waals surface area contributed by atoms with Gasteiger partial charge in [0.25, 0.3) is 0 Å². The fourth-order valence-corrected chi connectivity index (χ4v) is 4.03. The number of piperidine rings is 1. The van der Waals surface area contributed by atoms with Crippen molar-refractivity contribution < 1.29 is 9.18 Å². The first kappa shape index (κ1) is 18.7. The van der Waals surface area contributed by atoms with Gasteiger partial charge in [0.05, 0.1) is 11.7 Å². The number of hydrogen-bond donors (Lipinski definition) is 0. The molecule has 0 radical (unpaired) electrons. The van der Waals surface area contributed by atoms with E-state index < -0.39 is 0 Å². The quantitative estimate of drug-likeness (QED) is 0.624. The largest absolute Gasteiger partial charge is 0.294 e. The van der Waals surface area contributed by atoms with E-state index in [0.717, 1.165) is 53.4 Å². The lowest BCUT2D eigenvalue weighted by atomic mass is 9.99. The summed E-state index contributed by atoms with van der Waals surface area (Å²) >= 11 is 0. The van der Waals surface area contributed by atoms with E-state index in [4.69, 9.17) is 0 Å². The Bertz CT molecular complexity index is 1010. The molecule has 5 nitrogen and oxygen atoms in total. The predicted octanol–water partition coefficient (Wildman–Crippen LogP) is 4.16. The summed E-state index contributed by atoms with van der Waals surface area (Å²) in [5.41, 5.74) is 4.24. The van der Waals surface area contributed by atoms with E-state index in [-0.39, 0.29) is 18.5 Å². The molecule has 1 aliphatic rings. The second-order valence-electron chi connectivity index (χ2n) is 7.64. The van der Waals surface area contributed by atoms with Crippen molar-refractivity contribution in [3.63, 3.8) is 0 Å². The topological polar surface area (TPSA) is 51.0 Å². The minimum atomic E-state index is -0.300. The maximum absolute atomic E-state index is 13.4. The van der Waals surface area contributed by atoms with E-state index >= 15 is 0 Å². The molecule has 1 atom stereocenters. The molecule has 0 aliphatic carbocycles. The van der Waals surface area contributed by atoms with E-state index in [0.29, 0.717) is 12.2 Å². The van der Waals surface area contributed by atoms with E-state index in [1.165, 1.54) is 6.92 Å². The maximum Gasteiger partial charge on any atom is 0.178 e. The highest BCUT2D eigenvalue weighted by Crippen LogP contribution is 2.30. The van der Waals surface area contributed by atoms with Crippen LogP contribution in [-0.2, 0) is 13.6 Å². The second-order valence-corrected chi connectivity index (χ2v) is 7.64. The van der Waals surface area contributed by atoms with Gasteiger partial charge in [-0.2, -0.15) is 5.10 Å². The summed E-state index contributed by atoms with van der Waals surface area (Å²) < 4.78 is 15.1. The molecule has 1 unspecified atom stereocenters. The van der Waals surface area contributed by atoms with Crippen molar-refractivity contribution in [3.8, 4) is 11.1 Å².